The Morgan fingerprint density at radius 1 is 1.12 bits per heavy atom. The summed E-state index contributed by atoms with van der Waals surface area (Å²) in [7, 11) is 0. The minimum atomic E-state index is -4.26. The minimum Gasteiger partial charge on any atom is -0.508 e. The zero-order valence-corrected chi connectivity index (χ0v) is 14.0. The van der Waals surface area contributed by atoms with Crippen LogP contribution in [0.1, 0.15) is 23.7 Å². The van der Waals surface area contributed by atoms with Crippen LogP contribution in [0.25, 0.3) is 5.57 Å². The van der Waals surface area contributed by atoms with Gasteiger partial charge in [-0.25, -0.2) is 4.98 Å². The van der Waals surface area contributed by atoms with E-state index in [2.05, 4.69) is 9.36 Å². The number of aromatic hydroxyl groups is 1. The Labute approximate surface area is 145 Å². The maximum atomic E-state index is 12.6. The van der Waals surface area contributed by atoms with Crippen LogP contribution in [0.4, 0.5) is 13.2 Å². The number of phenols is 1. The molecule has 0 saturated heterocycles. The van der Waals surface area contributed by atoms with E-state index in [4.69, 9.17) is 0 Å². The van der Waals surface area contributed by atoms with Crippen LogP contribution in [0.15, 0.2) is 46.9 Å². The predicted molar refractivity (Wildman–Crippen MR) is 88.9 cm³/mol. The Morgan fingerprint density at radius 2 is 1.88 bits per heavy atom. The van der Waals surface area contributed by atoms with Gasteiger partial charge in [-0.15, -0.1) is 11.8 Å². The Balaban J connectivity index is 1.65. The van der Waals surface area contributed by atoms with E-state index in [0.29, 0.717) is 18.0 Å². The molecule has 2 aromatic rings. The normalized spacial score (nSPS) is 15.1. The number of benzene rings is 1. The molecule has 0 atom stereocenters. The van der Waals surface area contributed by atoms with Crippen molar-refractivity contribution in [1.82, 2.24) is 9.36 Å². The average molecular weight is 370 g/mol. The molecule has 3 rings (SSSR count). The Bertz CT molecular complexity index is 779. The molecule has 0 radical (unpaired) electrons. The molecule has 0 saturated carbocycles. The summed E-state index contributed by atoms with van der Waals surface area (Å²) in [6.45, 7) is 0. The van der Waals surface area contributed by atoms with Crippen LogP contribution in [0, 0.1) is 0 Å². The summed E-state index contributed by atoms with van der Waals surface area (Å²) in [5.41, 5.74) is 0.227. The third kappa shape index (κ3) is 4.18. The van der Waals surface area contributed by atoms with Gasteiger partial charge < -0.3 is 5.11 Å². The van der Waals surface area contributed by atoms with Gasteiger partial charge in [-0.1, -0.05) is 12.2 Å². The second-order valence-electron chi connectivity index (χ2n) is 5.18. The first-order valence-electron chi connectivity index (χ1n) is 7.13. The number of aromatic nitrogens is 2. The molecule has 1 N–H and O–H groups in total. The summed E-state index contributed by atoms with van der Waals surface area (Å²) in [5, 5.41) is 10.1. The zero-order valence-electron chi connectivity index (χ0n) is 12.4. The van der Waals surface area contributed by atoms with Gasteiger partial charge in [-0.3, -0.25) is 0 Å². The summed E-state index contributed by atoms with van der Waals surface area (Å²) < 4.78 is 42.1. The van der Waals surface area contributed by atoms with Crippen molar-refractivity contribution < 1.29 is 18.3 Å². The van der Waals surface area contributed by atoms with Crippen LogP contribution in [0.5, 0.6) is 5.75 Å². The van der Waals surface area contributed by atoms with Gasteiger partial charge in [-0.2, -0.15) is 17.5 Å². The molecule has 1 aromatic heterocycles. The zero-order chi connectivity index (χ0) is 17.2. The number of rotatable bonds is 4. The Morgan fingerprint density at radius 3 is 2.50 bits per heavy atom. The highest BCUT2D eigenvalue weighted by molar-refractivity contribution is 7.98. The van der Waals surface area contributed by atoms with Gasteiger partial charge in [0.05, 0.1) is 5.75 Å². The van der Waals surface area contributed by atoms with E-state index >= 15 is 0 Å². The standard InChI is InChI=1S/C16H13F3N2OS2/c17-16(18,19)11-3-1-10(2-4-11)15-20-14(24-21-15)9-23-13-7-5-12(22)6-8-13/h1,3,5-8,22H,2,4,9H2. The first-order chi connectivity index (χ1) is 11.4. The number of allylic oxidation sites excluding steroid dienone is 4. The van der Waals surface area contributed by atoms with Crippen LogP contribution in [0.2, 0.25) is 0 Å². The van der Waals surface area contributed by atoms with E-state index in [-0.39, 0.29) is 12.2 Å². The van der Waals surface area contributed by atoms with Gasteiger partial charge in [0.2, 0.25) is 0 Å². The molecule has 0 unspecified atom stereocenters. The van der Waals surface area contributed by atoms with E-state index in [0.717, 1.165) is 21.6 Å². The van der Waals surface area contributed by atoms with Gasteiger partial charge in [0.15, 0.2) is 5.82 Å². The fraction of sp³-hybridized carbons (Fsp3) is 0.250. The summed E-state index contributed by atoms with van der Waals surface area (Å²) in [5.74, 6) is 1.35. The van der Waals surface area contributed by atoms with Crippen molar-refractivity contribution in [1.29, 1.82) is 0 Å². The number of alkyl halides is 3. The van der Waals surface area contributed by atoms with E-state index in [1.807, 2.05) is 12.1 Å². The summed E-state index contributed by atoms with van der Waals surface area (Å²) in [4.78, 5) is 5.41. The van der Waals surface area contributed by atoms with E-state index in [1.54, 1.807) is 23.9 Å². The smallest absolute Gasteiger partial charge is 0.412 e. The molecule has 0 bridgehead atoms. The van der Waals surface area contributed by atoms with Gasteiger partial charge in [-0.05, 0) is 54.2 Å². The van der Waals surface area contributed by atoms with E-state index < -0.39 is 11.7 Å². The minimum absolute atomic E-state index is 0.0356. The molecule has 0 amide bonds. The third-order valence-electron chi connectivity index (χ3n) is 3.47. The molecular weight excluding hydrogens is 357 g/mol. The van der Waals surface area contributed by atoms with Gasteiger partial charge >= 0.3 is 6.18 Å². The number of thioether (sulfide) groups is 1. The van der Waals surface area contributed by atoms with Crippen molar-refractivity contribution in [2.24, 2.45) is 0 Å². The monoisotopic (exact) mass is 370 g/mol. The topological polar surface area (TPSA) is 46.0 Å². The lowest BCUT2D eigenvalue weighted by molar-refractivity contribution is -0.0939. The average Bonchev–Trinajstić information content (AvgIpc) is 3.03. The van der Waals surface area contributed by atoms with Crippen molar-refractivity contribution in [3.05, 3.63) is 52.8 Å². The highest BCUT2D eigenvalue weighted by Crippen LogP contribution is 2.35. The molecule has 1 heterocycles. The van der Waals surface area contributed by atoms with Crippen molar-refractivity contribution in [3.63, 3.8) is 0 Å². The lowest BCUT2D eigenvalue weighted by Crippen LogP contribution is -2.13. The number of nitrogens with zero attached hydrogens (tertiary/aromatic N) is 2. The quantitative estimate of drug-likeness (QED) is 0.751. The molecule has 1 aliphatic carbocycles. The van der Waals surface area contributed by atoms with Crippen LogP contribution in [-0.2, 0) is 5.75 Å². The van der Waals surface area contributed by atoms with Crippen molar-refractivity contribution in [3.8, 4) is 5.75 Å². The second kappa shape index (κ2) is 6.98. The van der Waals surface area contributed by atoms with E-state index in [1.165, 1.54) is 17.6 Å². The van der Waals surface area contributed by atoms with Crippen molar-refractivity contribution in [2.45, 2.75) is 29.7 Å². The molecule has 1 aliphatic rings. The largest absolute Gasteiger partial charge is 0.508 e. The molecular formula is C16H13F3N2OS2. The highest BCUT2D eigenvalue weighted by Gasteiger charge is 2.34. The van der Waals surface area contributed by atoms with Crippen LogP contribution in [0.3, 0.4) is 0 Å². The van der Waals surface area contributed by atoms with E-state index in [9.17, 15) is 18.3 Å². The van der Waals surface area contributed by atoms with Gasteiger partial charge in [0.1, 0.15) is 10.8 Å². The lowest BCUT2D eigenvalue weighted by atomic mass is 9.98. The lowest BCUT2D eigenvalue weighted by Gasteiger charge is -2.15. The van der Waals surface area contributed by atoms with Crippen LogP contribution >= 0.6 is 23.3 Å². The molecule has 0 spiro atoms. The number of hydrogen-bond donors (Lipinski definition) is 1. The molecule has 24 heavy (non-hydrogen) atoms. The maximum absolute atomic E-state index is 12.6. The molecule has 3 nitrogen and oxygen atoms in total. The molecule has 126 valence electrons. The maximum Gasteiger partial charge on any atom is 0.412 e. The summed E-state index contributed by atoms with van der Waals surface area (Å²) in [6, 6.07) is 6.86. The fourth-order valence-corrected chi connectivity index (χ4v) is 3.74. The van der Waals surface area contributed by atoms with Crippen molar-refractivity contribution >= 4 is 28.9 Å². The SMILES string of the molecule is Oc1ccc(SCc2nc(C3=CC=C(C(F)(F)F)CC3)ns2)cc1. The number of halogens is 3. The third-order valence-corrected chi connectivity index (χ3v) is 5.38. The first-order valence-corrected chi connectivity index (χ1v) is 8.89. The molecule has 0 fully saturated rings. The fourth-order valence-electron chi connectivity index (χ4n) is 2.19. The molecule has 0 aliphatic heterocycles. The molecule has 8 heteroatoms. The van der Waals surface area contributed by atoms with Gasteiger partial charge in [0, 0.05) is 10.5 Å². The number of phenolic OH excluding ortho intramolecular Hbond substituents is 1. The summed E-state index contributed by atoms with van der Waals surface area (Å²) >= 11 is 2.82. The Hall–Kier alpha value is -1.80. The Kier molecular flexibility index (Phi) is 4.96. The number of hydrogen-bond acceptors (Lipinski definition) is 5. The summed E-state index contributed by atoms with van der Waals surface area (Å²) in [6.07, 6.45) is -1.42. The highest BCUT2D eigenvalue weighted by atomic mass is 32.2. The van der Waals surface area contributed by atoms with Crippen molar-refractivity contribution in [2.75, 3.05) is 0 Å². The first kappa shape index (κ1) is 17.0. The second-order valence-corrected chi connectivity index (χ2v) is 7.06. The van der Waals surface area contributed by atoms with Gasteiger partial charge in [0.25, 0.3) is 0 Å². The van der Waals surface area contributed by atoms with Crippen LogP contribution < -0.4 is 0 Å². The van der Waals surface area contributed by atoms with Crippen LogP contribution in [-0.4, -0.2) is 20.6 Å². The predicted octanol–water partition coefficient (Wildman–Crippen LogP) is 5.20. The molecule has 1 aromatic carbocycles.